The minimum Gasteiger partial charge on any atom is -0.465 e. The third kappa shape index (κ3) is 4.05. The second-order valence-electron chi connectivity index (χ2n) is 4.95. The molecule has 0 radical (unpaired) electrons. The van der Waals surface area contributed by atoms with E-state index >= 15 is 0 Å². The first-order valence-corrected chi connectivity index (χ1v) is 6.66. The molecule has 1 aliphatic carbocycles. The summed E-state index contributed by atoms with van der Waals surface area (Å²) in [6.45, 7) is 1.48. The zero-order valence-corrected chi connectivity index (χ0v) is 12.0. The van der Waals surface area contributed by atoms with Gasteiger partial charge in [-0.3, -0.25) is 9.59 Å². The summed E-state index contributed by atoms with van der Waals surface area (Å²) >= 11 is 0. The van der Waals surface area contributed by atoms with Crippen LogP contribution in [0.2, 0.25) is 0 Å². The van der Waals surface area contributed by atoms with Crippen LogP contribution in [0.15, 0.2) is 18.2 Å². The van der Waals surface area contributed by atoms with E-state index in [2.05, 4.69) is 10.1 Å². The molecule has 21 heavy (non-hydrogen) atoms. The molecule has 0 aromatic heterocycles. The largest absolute Gasteiger partial charge is 0.465 e. The third-order valence-corrected chi connectivity index (χ3v) is 3.19. The summed E-state index contributed by atoms with van der Waals surface area (Å²) in [5.41, 5.74) is 1.63. The first-order valence-electron chi connectivity index (χ1n) is 6.66. The van der Waals surface area contributed by atoms with E-state index in [1.807, 2.05) is 0 Å². The first-order chi connectivity index (χ1) is 10.0. The normalized spacial score (nSPS) is 13.4. The Morgan fingerprint density at radius 3 is 2.62 bits per heavy atom. The lowest BCUT2D eigenvalue weighted by Crippen LogP contribution is -2.22. The molecule has 0 unspecified atom stereocenters. The van der Waals surface area contributed by atoms with Crippen molar-refractivity contribution < 1.29 is 23.9 Å². The zero-order chi connectivity index (χ0) is 15.4. The van der Waals surface area contributed by atoms with Crippen molar-refractivity contribution in [2.24, 2.45) is 5.92 Å². The lowest BCUT2D eigenvalue weighted by molar-refractivity contribution is -0.148. The van der Waals surface area contributed by atoms with Gasteiger partial charge in [0.25, 0.3) is 5.91 Å². The lowest BCUT2D eigenvalue weighted by Gasteiger charge is -2.10. The Morgan fingerprint density at radius 2 is 2.00 bits per heavy atom. The van der Waals surface area contributed by atoms with Crippen LogP contribution in [0.3, 0.4) is 0 Å². The van der Waals surface area contributed by atoms with Crippen LogP contribution in [0, 0.1) is 12.8 Å². The Bertz CT molecular complexity index is 577. The molecule has 1 aromatic carbocycles. The summed E-state index contributed by atoms with van der Waals surface area (Å²) < 4.78 is 9.52. The van der Waals surface area contributed by atoms with Crippen molar-refractivity contribution in [1.82, 2.24) is 0 Å². The summed E-state index contributed by atoms with van der Waals surface area (Å²) in [7, 11) is 1.29. The van der Waals surface area contributed by atoms with Gasteiger partial charge < -0.3 is 14.8 Å². The van der Waals surface area contributed by atoms with E-state index in [-0.39, 0.29) is 18.5 Å². The molecule has 1 fully saturated rings. The topological polar surface area (TPSA) is 81.7 Å². The first kappa shape index (κ1) is 15.0. The van der Waals surface area contributed by atoms with Crippen LogP contribution in [0.1, 0.15) is 28.8 Å². The number of rotatable bonds is 5. The maximum atomic E-state index is 11.8. The Kier molecular flexibility index (Phi) is 4.57. The van der Waals surface area contributed by atoms with Gasteiger partial charge >= 0.3 is 11.9 Å². The highest BCUT2D eigenvalue weighted by Crippen LogP contribution is 2.30. The van der Waals surface area contributed by atoms with Crippen molar-refractivity contribution in [1.29, 1.82) is 0 Å². The van der Waals surface area contributed by atoms with Crippen molar-refractivity contribution >= 4 is 23.5 Å². The van der Waals surface area contributed by atoms with Gasteiger partial charge in [-0.25, -0.2) is 4.79 Å². The number of hydrogen-bond donors (Lipinski definition) is 1. The molecule has 1 aliphatic rings. The number of ether oxygens (including phenoxy) is 2. The van der Waals surface area contributed by atoms with Crippen molar-refractivity contribution in [2.75, 3.05) is 19.0 Å². The van der Waals surface area contributed by atoms with Gasteiger partial charge in [0, 0.05) is 5.69 Å². The van der Waals surface area contributed by atoms with Crippen LogP contribution in [-0.2, 0) is 19.1 Å². The van der Waals surface area contributed by atoms with Crippen LogP contribution in [0.4, 0.5) is 5.69 Å². The fourth-order valence-corrected chi connectivity index (χ4v) is 1.76. The van der Waals surface area contributed by atoms with E-state index in [1.165, 1.54) is 13.2 Å². The summed E-state index contributed by atoms with van der Waals surface area (Å²) in [5, 5.41) is 2.62. The maximum absolute atomic E-state index is 11.8. The smallest absolute Gasteiger partial charge is 0.337 e. The molecule has 2 rings (SSSR count). The van der Waals surface area contributed by atoms with E-state index < -0.39 is 11.9 Å². The molecule has 6 heteroatoms. The summed E-state index contributed by atoms with van der Waals surface area (Å²) in [6.07, 6.45) is 1.67. The molecular formula is C15H17NO5. The van der Waals surface area contributed by atoms with Crippen LogP contribution in [-0.4, -0.2) is 31.6 Å². The number of carbonyl (C=O) groups is 3. The second kappa shape index (κ2) is 6.39. The molecule has 1 saturated carbocycles. The number of hydrogen-bond acceptors (Lipinski definition) is 5. The fourth-order valence-electron chi connectivity index (χ4n) is 1.76. The SMILES string of the molecule is COC(=O)c1ccc(C)c(NC(=O)COC(=O)C2CC2)c1. The van der Waals surface area contributed by atoms with Gasteiger partial charge in [0.2, 0.25) is 0 Å². The predicted molar refractivity (Wildman–Crippen MR) is 74.8 cm³/mol. The van der Waals surface area contributed by atoms with Crippen LogP contribution in [0.5, 0.6) is 0 Å². The van der Waals surface area contributed by atoms with Gasteiger partial charge in [-0.05, 0) is 37.5 Å². The maximum Gasteiger partial charge on any atom is 0.337 e. The Morgan fingerprint density at radius 1 is 1.29 bits per heavy atom. The number of carbonyl (C=O) groups excluding carboxylic acids is 3. The molecule has 1 amide bonds. The van der Waals surface area contributed by atoms with Crippen molar-refractivity contribution in [3.8, 4) is 0 Å². The minimum atomic E-state index is -0.481. The van der Waals surface area contributed by atoms with Gasteiger partial charge in [-0.15, -0.1) is 0 Å². The molecule has 6 nitrogen and oxygen atoms in total. The molecule has 0 saturated heterocycles. The van der Waals surface area contributed by atoms with Crippen LogP contribution >= 0.6 is 0 Å². The van der Waals surface area contributed by atoms with Crippen LogP contribution in [0.25, 0.3) is 0 Å². The van der Waals surface area contributed by atoms with E-state index in [9.17, 15) is 14.4 Å². The average molecular weight is 291 g/mol. The lowest BCUT2D eigenvalue weighted by atomic mass is 10.1. The average Bonchev–Trinajstić information content (AvgIpc) is 3.31. The molecule has 0 spiro atoms. The highest BCUT2D eigenvalue weighted by Gasteiger charge is 2.31. The number of aryl methyl sites for hydroxylation is 1. The van der Waals surface area contributed by atoms with E-state index in [0.29, 0.717) is 11.3 Å². The minimum absolute atomic E-state index is 0.0396. The van der Waals surface area contributed by atoms with Gasteiger partial charge in [-0.2, -0.15) is 0 Å². The number of anilines is 1. The molecule has 0 heterocycles. The molecule has 0 bridgehead atoms. The summed E-state index contributed by atoms with van der Waals surface area (Å²) in [5.74, 6) is -1.29. The molecule has 112 valence electrons. The van der Waals surface area contributed by atoms with Gasteiger partial charge in [0.05, 0.1) is 18.6 Å². The number of nitrogens with one attached hydrogen (secondary N) is 1. The summed E-state index contributed by atoms with van der Waals surface area (Å²) in [6, 6.07) is 4.85. The van der Waals surface area contributed by atoms with Gasteiger partial charge in [0.1, 0.15) is 0 Å². The molecule has 0 atom stereocenters. The number of esters is 2. The standard InChI is InChI=1S/C15H17NO5/c1-9-3-4-11(14(18)20-2)7-12(9)16-13(17)8-21-15(19)10-5-6-10/h3-4,7,10H,5-6,8H2,1-2H3,(H,16,17). The monoisotopic (exact) mass is 291 g/mol. The number of methoxy groups -OCH3 is 1. The molecule has 0 aliphatic heterocycles. The van der Waals surface area contributed by atoms with Gasteiger partial charge in [-0.1, -0.05) is 6.07 Å². The number of amides is 1. The highest BCUT2D eigenvalue weighted by molar-refractivity contribution is 5.96. The van der Waals surface area contributed by atoms with Gasteiger partial charge in [0.15, 0.2) is 6.61 Å². The van der Waals surface area contributed by atoms with E-state index in [1.54, 1.807) is 19.1 Å². The Hall–Kier alpha value is -2.37. The zero-order valence-electron chi connectivity index (χ0n) is 12.0. The molecular weight excluding hydrogens is 274 g/mol. The number of benzene rings is 1. The summed E-state index contributed by atoms with van der Waals surface area (Å²) in [4.78, 5) is 34.6. The third-order valence-electron chi connectivity index (χ3n) is 3.19. The van der Waals surface area contributed by atoms with Crippen molar-refractivity contribution in [3.05, 3.63) is 29.3 Å². The van der Waals surface area contributed by atoms with E-state index in [0.717, 1.165) is 18.4 Å². The second-order valence-corrected chi connectivity index (χ2v) is 4.95. The molecule has 1 N–H and O–H groups in total. The van der Waals surface area contributed by atoms with Crippen molar-refractivity contribution in [3.63, 3.8) is 0 Å². The molecule has 1 aromatic rings. The predicted octanol–water partition coefficient (Wildman–Crippen LogP) is 1.67. The van der Waals surface area contributed by atoms with E-state index in [4.69, 9.17) is 4.74 Å². The quantitative estimate of drug-likeness (QED) is 0.835. The highest BCUT2D eigenvalue weighted by atomic mass is 16.5. The van der Waals surface area contributed by atoms with Crippen molar-refractivity contribution in [2.45, 2.75) is 19.8 Å². The Labute approximate surface area is 122 Å². The van der Waals surface area contributed by atoms with Crippen LogP contribution < -0.4 is 5.32 Å². The fraction of sp³-hybridized carbons (Fsp3) is 0.400. The Balaban J connectivity index is 1.95.